The van der Waals surface area contributed by atoms with Crippen LogP contribution in [0, 0.1) is 5.82 Å². The van der Waals surface area contributed by atoms with Crippen LogP contribution in [0.25, 0.3) is 11.3 Å². The van der Waals surface area contributed by atoms with Crippen LogP contribution in [0.15, 0.2) is 53.9 Å². The summed E-state index contributed by atoms with van der Waals surface area (Å²) in [4.78, 5) is 27.6. The minimum absolute atomic E-state index is 0.116. The molecule has 1 heterocycles. The van der Waals surface area contributed by atoms with Crippen LogP contribution in [0.1, 0.15) is 17.5 Å². The summed E-state index contributed by atoms with van der Waals surface area (Å²) in [6.45, 7) is 1.81. The van der Waals surface area contributed by atoms with Crippen molar-refractivity contribution in [2.24, 2.45) is 0 Å². The number of hydrogen-bond acceptors (Lipinski definition) is 4. The number of thiazole rings is 1. The number of aromatic nitrogens is 1. The van der Waals surface area contributed by atoms with Gasteiger partial charge in [-0.3, -0.25) is 9.59 Å². The topological polar surface area (TPSA) is 71.1 Å². The maximum Gasteiger partial charge on any atom is 0.224 e. The van der Waals surface area contributed by atoms with E-state index in [2.05, 4.69) is 15.6 Å². The van der Waals surface area contributed by atoms with Crippen molar-refractivity contribution in [2.45, 2.75) is 19.9 Å². The van der Waals surface area contributed by atoms with Crippen LogP contribution in [-0.4, -0.2) is 16.8 Å². The maximum atomic E-state index is 12.9. The zero-order valence-corrected chi connectivity index (χ0v) is 15.5. The third-order valence-corrected chi connectivity index (χ3v) is 4.62. The third-order valence-electron chi connectivity index (χ3n) is 3.77. The largest absolute Gasteiger partial charge is 0.349 e. The van der Waals surface area contributed by atoms with Crippen molar-refractivity contribution in [3.05, 3.63) is 70.3 Å². The van der Waals surface area contributed by atoms with Crippen molar-refractivity contribution >= 4 is 28.8 Å². The van der Waals surface area contributed by atoms with Crippen LogP contribution in [-0.2, 0) is 22.6 Å². The van der Waals surface area contributed by atoms with Gasteiger partial charge in [-0.2, -0.15) is 0 Å². The Kier molecular flexibility index (Phi) is 5.93. The Morgan fingerprint density at radius 1 is 1.07 bits per heavy atom. The molecular weight excluding hydrogens is 365 g/mol. The van der Waals surface area contributed by atoms with Crippen LogP contribution in [0.5, 0.6) is 0 Å². The highest BCUT2D eigenvalue weighted by molar-refractivity contribution is 7.09. The lowest BCUT2D eigenvalue weighted by atomic mass is 10.1. The van der Waals surface area contributed by atoms with Gasteiger partial charge >= 0.3 is 0 Å². The molecule has 7 heteroatoms. The molecule has 2 amide bonds. The minimum atomic E-state index is -0.320. The van der Waals surface area contributed by atoms with E-state index in [-0.39, 0.29) is 24.1 Å². The molecule has 0 saturated heterocycles. The van der Waals surface area contributed by atoms with E-state index in [1.165, 1.54) is 30.4 Å². The van der Waals surface area contributed by atoms with E-state index in [0.717, 1.165) is 27.5 Å². The molecule has 2 aromatic carbocycles. The standard InChI is InChI=1S/C20H18FN3O2S/c1-13(25)23-17-8-4-15(5-9-17)18-12-27-20(24-18)11-22-19(26)10-14-2-6-16(21)7-3-14/h2-9,12H,10-11H2,1H3,(H,22,26)(H,23,25). The van der Waals surface area contributed by atoms with Crippen molar-refractivity contribution < 1.29 is 14.0 Å². The highest BCUT2D eigenvalue weighted by Crippen LogP contribution is 2.23. The lowest BCUT2D eigenvalue weighted by molar-refractivity contribution is -0.120. The van der Waals surface area contributed by atoms with Gasteiger partial charge in [-0.15, -0.1) is 11.3 Å². The van der Waals surface area contributed by atoms with Crippen molar-refractivity contribution in [3.8, 4) is 11.3 Å². The molecule has 0 aliphatic rings. The summed E-state index contributed by atoms with van der Waals surface area (Å²) in [6, 6.07) is 13.3. The summed E-state index contributed by atoms with van der Waals surface area (Å²) >= 11 is 1.46. The number of hydrogen-bond donors (Lipinski definition) is 2. The van der Waals surface area contributed by atoms with Crippen LogP contribution < -0.4 is 10.6 Å². The molecule has 1 aromatic heterocycles. The van der Waals surface area contributed by atoms with Crippen molar-refractivity contribution in [2.75, 3.05) is 5.32 Å². The average Bonchev–Trinajstić information content (AvgIpc) is 3.11. The Morgan fingerprint density at radius 2 is 1.78 bits per heavy atom. The predicted octanol–water partition coefficient (Wildman–Crippen LogP) is 3.77. The number of benzene rings is 2. The molecule has 0 spiro atoms. The highest BCUT2D eigenvalue weighted by atomic mass is 32.1. The van der Waals surface area contributed by atoms with Crippen LogP contribution >= 0.6 is 11.3 Å². The van der Waals surface area contributed by atoms with Crippen molar-refractivity contribution in [1.29, 1.82) is 0 Å². The molecule has 0 bridgehead atoms. The molecule has 0 fully saturated rings. The molecule has 138 valence electrons. The molecule has 3 rings (SSSR count). The second-order valence-electron chi connectivity index (χ2n) is 5.96. The molecule has 0 unspecified atom stereocenters. The second-order valence-corrected chi connectivity index (χ2v) is 6.91. The van der Waals surface area contributed by atoms with Gasteiger partial charge in [-0.05, 0) is 29.8 Å². The molecule has 0 atom stereocenters. The van der Waals surface area contributed by atoms with Crippen molar-refractivity contribution in [3.63, 3.8) is 0 Å². The lowest BCUT2D eigenvalue weighted by Crippen LogP contribution is -2.24. The Labute approximate surface area is 160 Å². The summed E-state index contributed by atoms with van der Waals surface area (Å²) in [7, 11) is 0. The van der Waals surface area contributed by atoms with Gasteiger partial charge in [0.2, 0.25) is 11.8 Å². The Morgan fingerprint density at radius 3 is 2.44 bits per heavy atom. The summed E-state index contributed by atoms with van der Waals surface area (Å²) in [5.41, 5.74) is 3.24. The number of rotatable bonds is 6. The normalized spacial score (nSPS) is 10.4. The Balaban J connectivity index is 1.55. The van der Waals surface area contributed by atoms with Gasteiger partial charge in [-0.1, -0.05) is 24.3 Å². The summed E-state index contributed by atoms with van der Waals surface area (Å²) in [5.74, 6) is -0.576. The number of nitrogens with one attached hydrogen (secondary N) is 2. The number of amides is 2. The van der Waals surface area contributed by atoms with Gasteiger partial charge in [0.15, 0.2) is 0 Å². The summed E-state index contributed by atoms with van der Waals surface area (Å²) < 4.78 is 12.9. The quantitative estimate of drug-likeness (QED) is 0.681. The number of carbonyl (C=O) groups is 2. The monoisotopic (exact) mass is 383 g/mol. The van der Waals surface area contributed by atoms with E-state index < -0.39 is 0 Å². The fraction of sp³-hybridized carbons (Fsp3) is 0.150. The molecule has 27 heavy (non-hydrogen) atoms. The van der Waals surface area contributed by atoms with Crippen LogP contribution in [0.2, 0.25) is 0 Å². The SMILES string of the molecule is CC(=O)Nc1ccc(-c2csc(CNC(=O)Cc3ccc(F)cc3)n2)cc1. The molecule has 0 aliphatic heterocycles. The fourth-order valence-corrected chi connectivity index (χ4v) is 3.22. The van der Waals surface area contributed by atoms with E-state index in [1.807, 2.05) is 29.6 Å². The average molecular weight is 383 g/mol. The number of anilines is 1. The summed E-state index contributed by atoms with van der Waals surface area (Å²) in [5, 5.41) is 8.26. The van der Waals surface area contributed by atoms with Crippen LogP contribution in [0.3, 0.4) is 0 Å². The van der Waals surface area contributed by atoms with Crippen LogP contribution in [0.4, 0.5) is 10.1 Å². The smallest absolute Gasteiger partial charge is 0.224 e. The molecule has 5 nitrogen and oxygen atoms in total. The van der Waals surface area contributed by atoms with E-state index in [4.69, 9.17) is 0 Å². The predicted molar refractivity (Wildman–Crippen MR) is 104 cm³/mol. The lowest BCUT2D eigenvalue weighted by Gasteiger charge is -2.04. The van der Waals surface area contributed by atoms with Gasteiger partial charge in [0, 0.05) is 23.6 Å². The first kappa shape index (κ1) is 18.7. The molecular formula is C20H18FN3O2S. The van der Waals surface area contributed by atoms with E-state index in [0.29, 0.717) is 6.54 Å². The zero-order valence-electron chi connectivity index (χ0n) is 14.7. The second kappa shape index (κ2) is 8.55. The van der Waals surface area contributed by atoms with E-state index >= 15 is 0 Å². The first-order valence-electron chi connectivity index (χ1n) is 8.33. The van der Waals surface area contributed by atoms with E-state index in [1.54, 1.807) is 12.1 Å². The third kappa shape index (κ3) is 5.46. The fourth-order valence-electron chi connectivity index (χ4n) is 2.48. The Hall–Kier alpha value is -3.06. The molecule has 0 radical (unpaired) electrons. The molecule has 2 N–H and O–H groups in total. The number of halogens is 1. The van der Waals surface area contributed by atoms with Gasteiger partial charge in [0.25, 0.3) is 0 Å². The van der Waals surface area contributed by atoms with Crippen molar-refractivity contribution in [1.82, 2.24) is 10.3 Å². The summed E-state index contributed by atoms with van der Waals surface area (Å²) in [6.07, 6.45) is 0.198. The van der Waals surface area contributed by atoms with E-state index in [9.17, 15) is 14.0 Å². The Bertz CT molecular complexity index is 937. The van der Waals surface area contributed by atoms with Gasteiger partial charge < -0.3 is 10.6 Å². The van der Waals surface area contributed by atoms with Gasteiger partial charge in [-0.25, -0.2) is 9.37 Å². The first-order valence-corrected chi connectivity index (χ1v) is 9.21. The highest BCUT2D eigenvalue weighted by Gasteiger charge is 2.08. The first-order chi connectivity index (χ1) is 13.0. The molecule has 0 saturated carbocycles. The van der Waals surface area contributed by atoms with Gasteiger partial charge in [0.1, 0.15) is 10.8 Å². The molecule has 0 aliphatic carbocycles. The minimum Gasteiger partial charge on any atom is -0.349 e. The number of nitrogens with zero attached hydrogens (tertiary/aromatic N) is 1. The maximum absolute atomic E-state index is 12.9. The number of carbonyl (C=O) groups excluding carboxylic acids is 2. The zero-order chi connectivity index (χ0) is 19.2. The van der Waals surface area contributed by atoms with Gasteiger partial charge in [0.05, 0.1) is 18.7 Å². The molecule has 3 aromatic rings.